The van der Waals surface area contributed by atoms with E-state index in [2.05, 4.69) is 17.4 Å². The van der Waals surface area contributed by atoms with E-state index in [4.69, 9.17) is 0 Å². The lowest BCUT2D eigenvalue weighted by Gasteiger charge is -2.27. The van der Waals surface area contributed by atoms with Crippen molar-refractivity contribution in [2.24, 2.45) is 0 Å². The number of aryl methyl sites for hydroxylation is 3. The number of carbonyl (C=O) groups is 1. The van der Waals surface area contributed by atoms with Crippen LogP contribution in [0.15, 0.2) is 114 Å². The Morgan fingerprint density at radius 2 is 1.46 bits per heavy atom. The molecule has 0 saturated heterocycles. The van der Waals surface area contributed by atoms with Crippen LogP contribution in [0.5, 0.6) is 0 Å². The zero-order valence-corrected chi connectivity index (χ0v) is 22.4. The minimum Gasteiger partial charge on any atom is -0.321 e. The van der Waals surface area contributed by atoms with Crippen LogP contribution < -0.4 is 9.62 Å². The van der Waals surface area contributed by atoms with Gasteiger partial charge in [-0.3, -0.25) is 9.10 Å². The van der Waals surface area contributed by atoms with Crippen LogP contribution in [-0.2, 0) is 29.4 Å². The summed E-state index contributed by atoms with van der Waals surface area (Å²) in [5, 5.41) is 5.29. The Morgan fingerprint density at radius 3 is 2.23 bits per heavy atom. The van der Waals surface area contributed by atoms with Crippen LogP contribution >= 0.6 is 0 Å². The van der Waals surface area contributed by atoms with Crippen molar-refractivity contribution < 1.29 is 13.2 Å². The molecule has 5 nitrogen and oxygen atoms in total. The van der Waals surface area contributed by atoms with E-state index in [1.807, 2.05) is 55.5 Å². The molecule has 194 valence electrons. The smallest absolute Gasteiger partial charge is 0.264 e. The van der Waals surface area contributed by atoms with Gasteiger partial charge in [-0.2, -0.15) is 0 Å². The molecule has 0 saturated carbocycles. The Labute approximate surface area is 228 Å². The van der Waals surface area contributed by atoms with Crippen LogP contribution in [0.2, 0.25) is 0 Å². The molecule has 1 aliphatic rings. The van der Waals surface area contributed by atoms with Gasteiger partial charge in [-0.1, -0.05) is 84.4 Å². The SMILES string of the molecule is Cc1ccc(S(=O)(=O)N(Cc2ccccc2)c2ccccc2C(=O)Nc2ccc3c4c(cccc24)CC3)cc1. The Hall–Kier alpha value is -4.42. The molecular formula is C33H28N2O3S. The number of rotatable bonds is 7. The van der Waals surface area contributed by atoms with Crippen LogP contribution in [0.1, 0.15) is 32.6 Å². The van der Waals surface area contributed by atoms with Gasteiger partial charge in [0.25, 0.3) is 15.9 Å². The minimum atomic E-state index is -3.98. The van der Waals surface area contributed by atoms with Gasteiger partial charge in [-0.25, -0.2) is 8.42 Å². The number of nitrogens with zero attached hydrogens (tertiary/aromatic N) is 1. The van der Waals surface area contributed by atoms with Gasteiger partial charge in [0.05, 0.1) is 22.7 Å². The number of benzene rings is 5. The van der Waals surface area contributed by atoms with Crippen molar-refractivity contribution in [3.05, 3.63) is 137 Å². The third-order valence-corrected chi connectivity index (χ3v) is 9.09. The standard InChI is InChI=1S/C33H28N2O3S/c1-23-14-19-27(20-15-23)39(37,38)35(22-24-8-3-2-4-9-24)31-13-6-5-11-29(31)33(36)34-30-21-18-26-17-16-25-10-7-12-28(30)32(25)26/h2-15,18-21H,16-17,22H2,1H3,(H,34,36). The van der Waals surface area contributed by atoms with Crippen molar-refractivity contribution in [1.29, 1.82) is 0 Å². The number of nitrogens with one attached hydrogen (secondary N) is 1. The van der Waals surface area contributed by atoms with E-state index in [0.717, 1.165) is 29.4 Å². The summed E-state index contributed by atoms with van der Waals surface area (Å²) in [5.41, 5.74) is 5.69. The van der Waals surface area contributed by atoms with Gasteiger partial charge in [0.1, 0.15) is 0 Å². The van der Waals surface area contributed by atoms with E-state index in [1.165, 1.54) is 20.8 Å². The van der Waals surface area contributed by atoms with Crippen LogP contribution in [0.3, 0.4) is 0 Å². The fourth-order valence-corrected chi connectivity index (χ4v) is 6.79. The molecule has 1 N–H and O–H groups in total. The monoisotopic (exact) mass is 532 g/mol. The molecule has 5 aromatic carbocycles. The summed E-state index contributed by atoms with van der Waals surface area (Å²) in [6.07, 6.45) is 2.00. The maximum atomic E-state index is 14.0. The number of hydrogen-bond acceptors (Lipinski definition) is 3. The first-order valence-corrected chi connectivity index (χ1v) is 14.4. The topological polar surface area (TPSA) is 66.5 Å². The molecule has 0 unspecified atom stereocenters. The largest absolute Gasteiger partial charge is 0.321 e. The van der Waals surface area contributed by atoms with Crippen molar-refractivity contribution in [2.75, 3.05) is 9.62 Å². The highest BCUT2D eigenvalue weighted by Gasteiger charge is 2.29. The van der Waals surface area contributed by atoms with Crippen LogP contribution in [0.4, 0.5) is 11.4 Å². The van der Waals surface area contributed by atoms with Crippen LogP contribution in [-0.4, -0.2) is 14.3 Å². The number of carbonyl (C=O) groups excluding carboxylic acids is 1. The van der Waals surface area contributed by atoms with E-state index < -0.39 is 10.0 Å². The molecule has 6 heteroatoms. The van der Waals surface area contributed by atoms with E-state index in [1.54, 1.807) is 48.5 Å². The van der Waals surface area contributed by atoms with Crippen molar-refractivity contribution in [3.8, 4) is 0 Å². The summed E-state index contributed by atoms with van der Waals surface area (Å²) in [6, 6.07) is 33.3. The predicted octanol–water partition coefficient (Wildman–Crippen LogP) is 6.89. The fourth-order valence-electron chi connectivity index (χ4n) is 5.31. The first-order valence-electron chi connectivity index (χ1n) is 13.0. The van der Waals surface area contributed by atoms with Gasteiger partial charge in [-0.15, -0.1) is 0 Å². The van der Waals surface area contributed by atoms with Crippen LogP contribution in [0.25, 0.3) is 10.8 Å². The third-order valence-electron chi connectivity index (χ3n) is 7.32. The second kappa shape index (κ2) is 10.0. The predicted molar refractivity (Wildman–Crippen MR) is 157 cm³/mol. The highest BCUT2D eigenvalue weighted by atomic mass is 32.2. The van der Waals surface area contributed by atoms with E-state index >= 15 is 0 Å². The van der Waals surface area contributed by atoms with Gasteiger partial charge in [-0.05, 0) is 72.2 Å². The third kappa shape index (κ3) is 4.68. The van der Waals surface area contributed by atoms with Crippen molar-refractivity contribution in [2.45, 2.75) is 31.2 Å². The molecule has 0 bridgehead atoms. The molecule has 0 aliphatic heterocycles. The minimum absolute atomic E-state index is 0.0856. The van der Waals surface area contributed by atoms with Gasteiger partial charge in [0.15, 0.2) is 0 Å². The molecule has 0 radical (unpaired) electrons. The van der Waals surface area contributed by atoms with E-state index in [9.17, 15) is 13.2 Å². The number of hydrogen-bond donors (Lipinski definition) is 1. The van der Waals surface area contributed by atoms with Gasteiger partial charge < -0.3 is 5.32 Å². The van der Waals surface area contributed by atoms with E-state index in [0.29, 0.717) is 11.4 Å². The lowest BCUT2D eigenvalue weighted by atomic mass is 10.0. The average molecular weight is 533 g/mol. The second-order valence-electron chi connectivity index (χ2n) is 9.89. The van der Waals surface area contributed by atoms with Gasteiger partial charge in [0, 0.05) is 11.1 Å². The molecule has 0 fully saturated rings. The number of sulfonamides is 1. The molecule has 0 spiro atoms. The Kier molecular flexibility index (Phi) is 6.41. The van der Waals surface area contributed by atoms with Crippen molar-refractivity contribution in [1.82, 2.24) is 0 Å². The summed E-state index contributed by atoms with van der Waals surface area (Å²) >= 11 is 0. The highest BCUT2D eigenvalue weighted by Crippen LogP contribution is 2.36. The Bertz CT molecular complexity index is 1790. The molecule has 0 atom stereocenters. The summed E-state index contributed by atoms with van der Waals surface area (Å²) in [5.74, 6) is -0.360. The van der Waals surface area contributed by atoms with Crippen molar-refractivity contribution >= 4 is 38.1 Å². The fraction of sp³-hybridized carbons (Fsp3) is 0.121. The maximum Gasteiger partial charge on any atom is 0.264 e. The van der Waals surface area contributed by atoms with Crippen LogP contribution in [0, 0.1) is 6.92 Å². The molecule has 6 rings (SSSR count). The first kappa shape index (κ1) is 24.9. The molecule has 1 aliphatic carbocycles. The van der Waals surface area contributed by atoms with Gasteiger partial charge in [0.2, 0.25) is 0 Å². The average Bonchev–Trinajstić information content (AvgIpc) is 3.38. The first-order chi connectivity index (χ1) is 18.9. The number of anilines is 2. The van der Waals surface area contributed by atoms with Crippen molar-refractivity contribution in [3.63, 3.8) is 0 Å². The molecule has 0 aromatic heterocycles. The molecular weight excluding hydrogens is 504 g/mol. The van der Waals surface area contributed by atoms with E-state index in [-0.39, 0.29) is 22.9 Å². The lowest BCUT2D eigenvalue weighted by molar-refractivity contribution is 0.102. The Morgan fingerprint density at radius 1 is 0.769 bits per heavy atom. The highest BCUT2D eigenvalue weighted by molar-refractivity contribution is 7.92. The van der Waals surface area contributed by atoms with Gasteiger partial charge >= 0.3 is 0 Å². The molecule has 0 heterocycles. The Balaban J connectivity index is 1.42. The molecule has 5 aromatic rings. The quantitative estimate of drug-likeness (QED) is 0.248. The lowest BCUT2D eigenvalue weighted by Crippen LogP contribution is -2.32. The number of amides is 1. The summed E-state index contributed by atoms with van der Waals surface area (Å²) < 4.78 is 29.4. The number of para-hydroxylation sites is 1. The summed E-state index contributed by atoms with van der Waals surface area (Å²) in [7, 11) is -3.98. The normalized spacial score (nSPS) is 12.4. The molecule has 1 amide bonds. The zero-order valence-electron chi connectivity index (χ0n) is 21.6. The second-order valence-corrected chi connectivity index (χ2v) is 11.8. The zero-order chi connectivity index (χ0) is 27.0. The molecule has 39 heavy (non-hydrogen) atoms. The summed E-state index contributed by atoms with van der Waals surface area (Å²) in [6.45, 7) is 2.00. The summed E-state index contributed by atoms with van der Waals surface area (Å²) in [4.78, 5) is 14.0. The maximum absolute atomic E-state index is 14.0.